The van der Waals surface area contributed by atoms with E-state index >= 15 is 0 Å². The van der Waals surface area contributed by atoms with Gasteiger partial charge in [0.05, 0.1) is 0 Å². The average Bonchev–Trinajstić information content (AvgIpc) is 2.37. The van der Waals surface area contributed by atoms with Crippen LogP contribution in [-0.2, 0) is 9.84 Å². The second-order valence-corrected chi connectivity index (χ2v) is 8.44. The molecular formula is C12H16BrFO3S. The van der Waals surface area contributed by atoms with E-state index in [4.69, 9.17) is 0 Å². The highest BCUT2D eigenvalue weighted by atomic mass is 79.9. The van der Waals surface area contributed by atoms with E-state index in [-0.39, 0.29) is 17.7 Å². The summed E-state index contributed by atoms with van der Waals surface area (Å²) < 4.78 is 36.2. The Morgan fingerprint density at radius 3 is 2.39 bits per heavy atom. The Hall–Kier alpha value is -0.460. The van der Waals surface area contributed by atoms with Crippen LogP contribution >= 0.6 is 15.9 Å². The van der Waals surface area contributed by atoms with Crippen LogP contribution < -0.4 is 0 Å². The van der Waals surface area contributed by atoms with Crippen molar-refractivity contribution >= 4 is 25.8 Å². The Kier molecular flexibility index (Phi) is 4.91. The number of alkyl halides is 1. The minimum atomic E-state index is -3.57. The third-order valence-electron chi connectivity index (χ3n) is 2.99. The summed E-state index contributed by atoms with van der Waals surface area (Å²) >= 11 is 3.10. The van der Waals surface area contributed by atoms with Crippen molar-refractivity contribution in [3.8, 4) is 0 Å². The highest BCUT2D eigenvalue weighted by Crippen LogP contribution is 2.42. The van der Waals surface area contributed by atoms with Crippen LogP contribution in [0.25, 0.3) is 0 Å². The highest BCUT2D eigenvalue weighted by Gasteiger charge is 2.46. The summed E-state index contributed by atoms with van der Waals surface area (Å²) in [5.41, 5.74) is -0.0201. The Bertz CT molecular complexity index is 518. The fraction of sp³-hybridized carbons (Fsp3) is 0.500. The first-order chi connectivity index (χ1) is 8.30. The normalized spacial score (nSPS) is 17.2. The summed E-state index contributed by atoms with van der Waals surface area (Å²) in [5.74, 6) is -0.744. The van der Waals surface area contributed by atoms with E-state index < -0.39 is 25.4 Å². The SMILES string of the molecule is CC[C@](Br)([C@@H](O)c1ccccc1F)S(=O)(=O)CC. The number of aliphatic hydroxyl groups is 1. The molecule has 0 aliphatic heterocycles. The molecule has 0 aliphatic rings. The fourth-order valence-electron chi connectivity index (χ4n) is 1.75. The van der Waals surface area contributed by atoms with Crippen LogP contribution in [0.2, 0.25) is 0 Å². The van der Waals surface area contributed by atoms with Crippen LogP contribution in [0.5, 0.6) is 0 Å². The molecule has 3 nitrogen and oxygen atoms in total. The smallest absolute Gasteiger partial charge is 0.168 e. The molecule has 0 fully saturated rings. The molecule has 0 radical (unpaired) electrons. The monoisotopic (exact) mass is 338 g/mol. The van der Waals surface area contributed by atoms with Crippen LogP contribution in [0.3, 0.4) is 0 Å². The van der Waals surface area contributed by atoms with E-state index in [9.17, 15) is 17.9 Å². The predicted molar refractivity (Wildman–Crippen MR) is 72.8 cm³/mol. The van der Waals surface area contributed by atoms with Crippen molar-refractivity contribution in [2.45, 2.75) is 30.0 Å². The molecule has 0 aliphatic carbocycles. The molecule has 1 rings (SSSR count). The number of halogens is 2. The number of benzene rings is 1. The first-order valence-corrected chi connectivity index (χ1v) is 8.08. The lowest BCUT2D eigenvalue weighted by molar-refractivity contribution is 0.155. The van der Waals surface area contributed by atoms with Crippen molar-refractivity contribution < 1.29 is 17.9 Å². The van der Waals surface area contributed by atoms with E-state index in [0.29, 0.717) is 0 Å². The quantitative estimate of drug-likeness (QED) is 0.840. The molecule has 0 bridgehead atoms. The van der Waals surface area contributed by atoms with Crippen molar-refractivity contribution in [1.82, 2.24) is 0 Å². The number of aliphatic hydroxyl groups excluding tert-OH is 1. The molecule has 102 valence electrons. The molecule has 0 saturated heterocycles. The molecule has 0 saturated carbocycles. The number of hydrogen-bond acceptors (Lipinski definition) is 3. The van der Waals surface area contributed by atoms with Gasteiger partial charge in [-0.3, -0.25) is 0 Å². The maximum Gasteiger partial charge on any atom is 0.168 e. The summed E-state index contributed by atoms with van der Waals surface area (Å²) in [5, 5.41) is 10.2. The van der Waals surface area contributed by atoms with Gasteiger partial charge < -0.3 is 5.11 Å². The lowest BCUT2D eigenvalue weighted by Crippen LogP contribution is -2.39. The molecular weight excluding hydrogens is 323 g/mol. The van der Waals surface area contributed by atoms with Crippen LogP contribution in [-0.4, -0.2) is 22.9 Å². The second kappa shape index (κ2) is 5.67. The Balaban J connectivity index is 3.31. The minimum absolute atomic E-state index is 0.0201. The molecule has 0 unspecified atom stereocenters. The fourth-order valence-corrected chi connectivity index (χ4v) is 4.07. The van der Waals surface area contributed by atoms with Gasteiger partial charge in [0.15, 0.2) is 13.5 Å². The number of rotatable bonds is 5. The molecule has 0 aromatic heterocycles. The first-order valence-electron chi connectivity index (χ1n) is 5.63. The van der Waals surface area contributed by atoms with Crippen molar-refractivity contribution in [2.24, 2.45) is 0 Å². The van der Waals surface area contributed by atoms with Gasteiger partial charge in [0.1, 0.15) is 11.9 Å². The van der Waals surface area contributed by atoms with Gasteiger partial charge in [0.25, 0.3) is 0 Å². The minimum Gasteiger partial charge on any atom is -0.386 e. The molecule has 1 aromatic carbocycles. The molecule has 1 N–H and O–H groups in total. The van der Waals surface area contributed by atoms with E-state index in [0.717, 1.165) is 0 Å². The van der Waals surface area contributed by atoms with Gasteiger partial charge >= 0.3 is 0 Å². The van der Waals surface area contributed by atoms with Gasteiger partial charge in [-0.15, -0.1) is 0 Å². The van der Waals surface area contributed by atoms with E-state index in [1.807, 2.05) is 0 Å². The zero-order valence-electron chi connectivity index (χ0n) is 10.2. The third kappa shape index (κ3) is 2.60. The molecule has 18 heavy (non-hydrogen) atoms. The van der Waals surface area contributed by atoms with Crippen molar-refractivity contribution in [2.75, 3.05) is 5.75 Å². The average molecular weight is 339 g/mol. The molecule has 0 amide bonds. The number of hydrogen-bond donors (Lipinski definition) is 1. The van der Waals surface area contributed by atoms with Gasteiger partial charge in [-0.2, -0.15) is 0 Å². The zero-order valence-corrected chi connectivity index (χ0v) is 12.6. The van der Waals surface area contributed by atoms with Gasteiger partial charge in [-0.25, -0.2) is 12.8 Å². The molecule has 0 heterocycles. The lowest BCUT2D eigenvalue weighted by atomic mass is 10.0. The van der Waals surface area contributed by atoms with Crippen LogP contribution in [0.15, 0.2) is 24.3 Å². The Morgan fingerprint density at radius 1 is 1.39 bits per heavy atom. The van der Waals surface area contributed by atoms with Crippen molar-refractivity contribution in [3.63, 3.8) is 0 Å². The lowest BCUT2D eigenvalue weighted by Gasteiger charge is -2.31. The summed E-state index contributed by atoms with van der Waals surface area (Å²) in [6, 6.07) is 5.63. The van der Waals surface area contributed by atoms with E-state index in [1.165, 1.54) is 25.1 Å². The second-order valence-electron chi connectivity index (χ2n) is 3.97. The topological polar surface area (TPSA) is 54.4 Å². The van der Waals surface area contributed by atoms with Crippen LogP contribution in [0, 0.1) is 5.82 Å². The standard InChI is InChI=1S/C12H16BrFO3S/c1-3-12(13,18(16,17)4-2)11(15)9-7-5-6-8-10(9)14/h5-8,11,15H,3-4H2,1-2H3/t11-,12+/m0/s1. The Labute approximate surface area is 115 Å². The molecule has 1 aromatic rings. The summed E-state index contributed by atoms with van der Waals surface area (Å²) in [7, 11) is -3.57. The van der Waals surface area contributed by atoms with Gasteiger partial charge in [0.2, 0.25) is 0 Å². The number of sulfone groups is 1. The van der Waals surface area contributed by atoms with Gasteiger partial charge in [-0.05, 0) is 12.5 Å². The maximum atomic E-state index is 13.6. The molecule has 6 heteroatoms. The summed E-state index contributed by atoms with van der Waals surface area (Å²) in [4.78, 5) is 0. The van der Waals surface area contributed by atoms with Gasteiger partial charge in [0, 0.05) is 11.3 Å². The maximum absolute atomic E-state index is 13.6. The predicted octanol–water partition coefficient (Wildman–Crippen LogP) is 2.80. The largest absolute Gasteiger partial charge is 0.386 e. The summed E-state index contributed by atoms with van der Waals surface area (Å²) in [6.45, 7) is 3.13. The van der Waals surface area contributed by atoms with Gasteiger partial charge in [-0.1, -0.05) is 48.0 Å². The van der Waals surface area contributed by atoms with E-state index in [2.05, 4.69) is 15.9 Å². The third-order valence-corrected chi connectivity index (χ3v) is 7.77. The van der Waals surface area contributed by atoms with Crippen LogP contribution in [0.1, 0.15) is 31.9 Å². The van der Waals surface area contributed by atoms with E-state index in [1.54, 1.807) is 13.0 Å². The first kappa shape index (κ1) is 15.6. The van der Waals surface area contributed by atoms with Crippen molar-refractivity contribution in [1.29, 1.82) is 0 Å². The zero-order chi connectivity index (χ0) is 14.0. The van der Waals surface area contributed by atoms with Crippen molar-refractivity contribution in [3.05, 3.63) is 35.6 Å². The van der Waals surface area contributed by atoms with Crippen LogP contribution in [0.4, 0.5) is 4.39 Å². The Morgan fingerprint density at radius 2 is 1.94 bits per heavy atom. The molecule has 2 atom stereocenters. The summed E-state index contributed by atoms with van der Waals surface area (Å²) in [6.07, 6.45) is -1.31. The molecule has 0 spiro atoms. The highest BCUT2D eigenvalue weighted by molar-refractivity contribution is 9.11.